The molecule has 0 unspecified atom stereocenters. The van der Waals surface area contributed by atoms with E-state index in [1.54, 1.807) is 4.90 Å². The predicted octanol–water partition coefficient (Wildman–Crippen LogP) is -0.271. The summed E-state index contributed by atoms with van der Waals surface area (Å²) in [6.07, 6.45) is 3.41. The number of sulfonamides is 1. The normalized spacial score (nSPS) is 24.7. The Balaban J connectivity index is 1.58. The molecule has 1 aliphatic carbocycles. The van der Waals surface area contributed by atoms with Crippen LogP contribution in [0.5, 0.6) is 0 Å². The Morgan fingerprint density at radius 1 is 1.15 bits per heavy atom. The quantitative estimate of drug-likeness (QED) is 0.716. The highest BCUT2D eigenvalue weighted by Crippen LogP contribution is 2.28. The zero-order valence-electron chi connectivity index (χ0n) is 14.5. The number of hydrogen-bond acceptors (Lipinski definition) is 6. The summed E-state index contributed by atoms with van der Waals surface area (Å²) in [4.78, 5) is 25.2. The highest BCUT2D eigenvalue weighted by molar-refractivity contribution is 7.89. The van der Waals surface area contributed by atoms with Crippen LogP contribution in [-0.4, -0.2) is 61.7 Å². The number of carbonyl (C=O) groups excluding carboxylic acids is 2. The summed E-state index contributed by atoms with van der Waals surface area (Å²) in [7, 11) is -3.85. The first kappa shape index (κ1) is 18.9. The van der Waals surface area contributed by atoms with Crippen molar-refractivity contribution in [1.29, 1.82) is 0 Å². The maximum Gasteiger partial charge on any atom is 0.284 e. The number of hydrogen-bond donors (Lipinski definition) is 2. The van der Waals surface area contributed by atoms with E-state index in [1.165, 1.54) is 16.4 Å². The molecule has 10 heteroatoms. The molecule has 2 heterocycles. The molecule has 144 valence electrons. The molecule has 26 heavy (non-hydrogen) atoms. The average Bonchev–Trinajstić information content (AvgIpc) is 3.25. The third-order valence-electron chi connectivity index (χ3n) is 5.16. The third-order valence-corrected chi connectivity index (χ3v) is 6.94. The van der Waals surface area contributed by atoms with Gasteiger partial charge in [0.15, 0.2) is 5.76 Å². The zero-order valence-corrected chi connectivity index (χ0v) is 15.3. The second-order valence-corrected chi connectivity index (χ2v) is 8.70. The fourth-order valence-electron chi connectivity index (χ4n) is 3.57. The topological polar surface area (TPSA) is 140 Å². The van der Waals surface area contributed by atoms with Crippen molar-refractivity contribution in [3.05, 3.63) is 17.9 Å². The van der Waals surface area contributed by atoms with Gasteiger partial charge < -0.3 is 20.8 Å². The summed E-state index contributed by atoms with van der Waals surface area (Å²) < 4.78 is 31.5. The highest BCUT2D eigenvalue weighted by Gasteiger charge is 2.34. The SMILES string of the molecule is NC(=O)c1ccc(S(=O)(=O)N2CCN(C(=O)C[C@@H]3CCC[C@H]3N)CC2)o1. The number of primary amides is 1. The zero-order chi connectivity index (χ0) is 18.9. The van der Waals surface area contributed by atoms with E-state index in [-0.39, 0.29) is 41.8 Å². The maximum atomic E-state index is 12.6. The molecule has 4 N–H and O–H groups in total. The van der Waals surface area contributed by atoms with Crippen molar-refractivity contribution in [3.8, 4) is 0 Å². The van der Waals surface area contributed by atoms with Crippen LogP contribution in [0.2, 0.25) is 0 Å². The molecule has 2 fully saturated rings. The molecule has 1 saturated heterocycles. The molecule has 1 saturated carbocycles. The van der Waals surface area contributed by atoms with Gasteiger partial charge in [0.2, 0.25) is 11.0 Å². The summed E-state index contributed by atoms with van der Waals surface area (Å²) in [6.45, 7) is 1.00. The first-order valence-corrected chi connectivity index (χ1v) is 10.2. The number of nitrogens with zero attached hydrogens (tertiary/aromatic N) is 2. The van der Waals surface area contributed by atoms with Gasteiger partial charge in [0.05, 0.1) is 0 Å². The minimum atomic E-state index is -3.85. The van der Waals surface area contributed by atoms with Crippen molar-refractivity contribution in [3.63, 3.8) is 0 Å². The van der Waals surface area contributed by atoms with Crippen molar-refractivity contribution in [2.24, 2.45) is 17.4 Å². The molecule has 0 aromatic carbocycles. The van der Waals surface area contributed by atoms with Crippen LogP contribution in [0.4, 0.5) is 0 Å². The van der Waals surface area contributed by atoms with Gasteiger partial charge in [0.25, 0.3) is 15.9 Å². The summed E-state index contributed by atoms with van der Waals surface area (Å²) in [5, 5.41) is -0.317. The van der Waals surface area contributed by atoms with Gasteiger partial charge in [-0.1, -0.05) is 6.42 Å². The largest absolute Gasteiger partial charge is 0.438 e. The number of rotatable bonds is 5. The van der Waals surface area contributed by atoms with Gasteiger partial charge in [-0.15, -0.1) is 0 Å². The van der Waals surface area contributed by atoms with Crippen LogP contribution in [0.25, 0.3) is 0 Å². The molecule has 1 aromatic heterocycles. The van der Waals surface area contributed by atoms with Crippen LogP contribution in [0.3, 0.4) is 0 Å². The van der Waals surface area contributed by atoms with Gasteiger partial charge in [-0.05, 0) is 30.9 Å². The molecule has 0 bridgehead atoms. The average molecular weight is 384 g/mol. The molecule has 1 aliphatic heterocycles. The molecule has 1 aromatic rings. The van der Waals surface area contributed by atoms with Crippen LogP contribution in [0.1, 0.15) is 36.2 Å². The van der Waals surface area contributed by atoms with Crippen LogP contribution in [-0.2, 0) is 14.8 Å². The van der Waals surface area contributed by atoms with Gasteiger partial charge in [-0.25, -0.2) is 8.42 Å². The number of nitrogens with two attached hydrogens (primary N) is 2. The van der Waals surface area contributed by atoms with Crippen molar-refractivity contribution in [1.82, 2.24) is 9.21 Å². The van der Waals surface area contributed by atoms with Gasteiger partial charge >= 0.3 is 0 Å². The molecule has 9 nitrogen and oxygen atoms in total. The van der Waals surface area contributed by atoms with E-state index in [0.717, 1.165) is 19.3 Å². The van der Waals surface area contributed by atoms with Crippen molar-refractivity contribution < 1.29 is 22.4 Å². The van der Waals surface area contributed by atoms with Gasteiger partial charge in [0, 0.05) is 38.6 Å². The maximum absolute atomic E-state index is 12.6. The number of carbonyl (C=O) groups is 2. The Hall–Kier alpha value is -1.91. The lowest BCUT2D eigenvalue weighted by molar-refractivity contribution is -0.133. The van der Waals surface area contributed by atoms with Crippen LogP contribution >= 0.6 is 0 Å². The van der Waals surface area contributed by atoms with Crippen LogP contribution in [0, 0.1) is 5.92 Å². The first-order chi connectivity index (χ1) is 12.3. The van der Waals surface area contributed by atoms with E-state index in [0.29, 0.717) is 19.5 Å². The van der Waals surface area contributed by atoms with E-state index in [9.17, 15) is 18.0 Å². The van der Waals surface area contributed by atoms with Crippen molar-refractivity contribution in [2.45, 2.75) is 36.8 Å². The molecule has 3 rings (SSSR count). The number of amides is 2. The van der Waals surface area contributed by atoms with Gasteiger partial charge in [-0.2, -0.15) is 4.31 Å². The van der Waals surface area contributed by atoms with Crippen molar-refractivity contribution >= 4 is 21.8 Å². The lowest BCUT2D eigenvalue weighted by Crippen LogP contribution is -2.51. The van der Waals surface area contributed by atoms with E-state index in [4.69, 9.17) is 15.9 Å². The number of furan rings is 1. The molecule has 0 spiro atoms. The van der Waals surface area contributed by atoms with Gasteiger partial charge in [-0.3, -0.25) is 9.59 Å². The first-order valence-electron chi connectivity index (χ1n) is 8.72. The second kappa shape index (κ2) is 7.37. The molecule has 0 radical (unpaired) electrons. The summed E-state index contributed by atoms with van der Waals surface area (Å²) in [6, 6.07) is 2.54. The van der Waals surface area contributed by atoms with Crippen molar-refractivity contribution in [2.75, 3.05) is 26.2 Å². The Labute approximate surface area is 152 Å². The fraction of sp³-hybridized carbons (Fsp3) is 0.625. The predicted molar refractivity (Wildman–Crippen MR) is 92.5 cm³/mol. The fourth-order valence-corrected chi connectivity index (χ4v) is 4.90. The van der Waals surface area contributed by atoms with Gasteiger partial charge in [0.1, 0.15) is 0 Å². The van der Waals surface area contributed by atoms with E-state index in [1.807, 2.05) is 0 Å². The number of piperazine rings is 1. The molecular weight excluding hydrogens is 360 g/mol. The molecule has 2 atom stereocenters. The molecule has 2 amide bonds. The minimum absolute atomic E-state index is 0.0263. The molecule has 2 aliphatic rings. The summed E-state index contributed by atoms with van der Waals surface area (Å²) in [5.74, 6) is -0.782. The lowest BCUT2D eigenvalue weighted by atomic mass is 9.99. The Bertz CT molecular complexity index is 782. The second-order valence-electron chi connectivity index (χ2n) is 6.83. The summed E-state index contributed by atoms with van der Waals surface area (Å²) in [5.41, 5.74) is 11.1. The monoisotopic (exact) mass is 384 g/mol. The smallest absolute Gasteiger partial charge is 0.284 e. The molecular formula is C16H24N4O5S. The van der Waals surface area contributed by atoms with Crippen LogP contribution < -0.4 is 11.5 Å². The third kappa shape index (κ3) is 3.76. The van der Waals surface area contributed by atoms with E-state index < -0.39 is 15.9 Å². The Morgan fingerprint density at radius 3 is 2.38 bits per heavy atom. The Morgan fingerprint density at radius 2 is 1.85 bits per heavy atom. The highest BCUT2D eigenvalue weighted by atomic mass is 32.2. The minimum Gasteiger partial charge on any atom is -0.438 e. The Kier molecular flexibility index (Phi) is 5.35. The van der Waals surface area contributed by atoms with E-state index in [2.05, 4.69) is 0 Å². The standard InChI is InChI=1S/C16H24N4O5S/c17-12-3-1-2-11(12)10-14(21)19-6-8-20(9-7-19)26(23,24)15-5-4-13(25-15)16(18)22/h4-5,11-12H,1-3,6-10,17H2,(H2,18,22)/t11-,12+/m0/s1. The summed E-state index contributed by atoms with van der Waals surface area (Å²) >= 11 is 0. The lowest BCUT2D eigenvalue weighted by Gasteiger charge is -2.34. The van der Waals surface area contributed by atoms with E-state index >= 15 is 0 Å². The van der Waals surface area contributed by atoms with Crippen LogP contribution in [0.15, 0.2) is 21.6 Å².